The number of nitrogen functional groups attached to an aromatic ring is 1. The van der Waals surface area contributed by atoms with E-state index >= 15 is 0 Å². The second-order valence-corrected chi connectivity index (χ2v) is 5.74. The number of aliphatic hydroxyl groups is 1. The minimum absolute atomic E-state index is 0.664. The lowest BCUT2D eigenvalue weighted by molar-refractivity contribution is 0.0651. The van der Waals surface area contributed by atoms with Crippen LogP contribution in [-0.4, -0.2) is 20.5 Å². The molecule has 0 unspecified atom stereocenters. The van der Waals surface area contributed by atoms with Crippen LogP contribution in [-0.2, 0) is 6.54 Å². The molecule has 0 atom stereocenters. The Bertz CT molecular complexity index is 503. The fraction of sp³-hybridized carbons (Fsp3) is 0.417. The summed E-state index contributed by atoms with van der Waals surface area (Å²) >= 11 is 3.38. The number of anilines is 1. The zero-order chi connectivity index (χ0) is 12.6. The van der Waals surface area contributed by atoms with Crippen LogP contribution in [0, 0.1) is 0 Å². The monoisotopic (exact) mass is 297 g/mol. The Morgan fingerprint density at radius 1 is 1.47 bits per heavy atom. The Labute approximate surface area is 109 Å². The first-order chi connectivity index (χ1) is 7.85. The predicted octanol–water partition coefficient (Wildman–Crippen LogP) is 2.54. The second kappa shape index (κ2) is 4.31. The molecule has 17 heavy (non-hydrogen) atoms. The molecule has 0 radical (unpaired) electrons. The fourth-order valence-electron chi connectivity index (χ4n) is 1.62. The molecule has 5 heteroatoms. The number of nitrogens with zero attached hydrogens (tertiary/aromatic N) is 2. The van der Waals surface area contributed by atoms with Gasteiger partial charge in [0, 0.05) is 28.3 Å². The highest BCUT2D eigenvalue weighted by molar-refractivity contribution is 9.10. The standard InChI is InChI=1S/C12H16BrN3O/c1-12(2,17)3-4-16-7-8-5-10(14)9(13)6-11(8)15-16/h5-7,17H,3-4,14H2,1-2H3. The molecule has 0 saturated carbocycles. The van der Waals surface area contributed by atoms with Gasteiger partial charge in [0.1, 0.15) is 0 Å². The van der Waals surface area contributed by atoms with Crippen molar-refractivity contribution in [2.45, 2.75) is 32.4 Å². The van der Waals surface area contributed by atoms with Crippen molar-refractivity contribution in [3.05, 3.63) is 22.8 Å². The quantitative estimate of drug-likeness (QED) is 0.856. The van der Waals surface area contributed by atoms with E-state index in [1.54, 1.807) is 13.8 Å². The summed E-state index contributed by atoms with van der Waals surface area (Å²) in [6.07, 6.45) is 2.61. The first-order valence-corrected chi connectivity index (χ1v) is 6.29. The van der Waals surface area contributed by atoms with E-state index in [-0.39, 0.29) is 0 Å². The van der Waals surface area contributed by atoms with Gasteiger partial charge in [-0.15, -0.1) is 0 Å². The molecule has 0 aliphatic rings. The summed E-state index contributed by atoms with van der Waals surface area (Å²) < 4.78 is 2.70. The first-order valence-electron chi connectivity index (χ1n) is 5.50. The van der Waals surface area contributed by atoms with E-state index in [0.29, 0.717) is 18.7 Å². The van der Waals surface area contributed by atoms with Crippen LogP contribution in [0.3, 0.4) is 0 Å². The molecule has 92 valence electrons. The van der Waals surface area contributed by atoms with Gasteiger partial charge in [-0.2, -0.15) is 5.10 Å². The van der Waals surface area contributed by atoms with E-state index in [1.165, 1.54) is 0 Å². The normalized spacial score (nSPS) is 12.2. The van der Waals surface area contributed by atoms with Gasteiger partial charge in [0.15, 0.2) is 0 Å². The van der Waals surface area contributed by atoms with Crippen LogP contribution in [0.4, 0.5) is 5.69 Å². The van der Waals surface area contributed by atoms with Crippen molar-refractivity contribution in [1.29, 1.82) is 0 Å². The average molecular weight is 298 g/mol. The summed E-state index contributed by atoms with van der Waals surface area (Å²) in [5, 5.41) is 15.1. The molecule has 2 aromatic rings. The van der Waals surface area contributed by atoms with Gasteiger partial charge in [-0.25, -0.2) is 0 Å². The first kappa shape index (κ1) is 12.4. The molecular weight excluding hydrogens is 282 g/mol. The van der Waals surface area contributed by atoms with E-state index in [1.807, 2.05) is 23.0 Å². The van der Waals surface area contributed by atoms with Gasteiger partial charge in [-0.05, 0) is 48.3 Å². The number of aryl methyl sites for hydroxylation is 1. The van der Waals surface area contributed by atoms with Crippen molar-refractivity contribution < 1.29 is 5.11 Å². The molecule has 0 aliphatic carbocycles. The number of halogens is 1. The molecule has 3 N–H and O–H groups in total. The van der Waals surface area contributed by atoms with Crippen molar-refractivity contribution in [3.8, 4) is 0 Å². The highest BCUT2D eigenvalue weighted by atomic mass is 79.9. The Kier molecular flexibility index (Phi) is 3.14. The minimum atomic E-state index is -0.669. The largest absolute Gasteiger partial charge is 0.398 e. The lowest BCUT2D eigenvalue weighted by Gasteiger charge is -2.16. The maximum absolute atomic E-state index is 9.67. The highest BCUT2D eigenvalue weighted by Crippen LogP contribution is 2.25. The van der Waals surface area contributed by atoms with Crippen molar-refractivity contribution in [2.24, 2.45) is 0 Å². The molecule has 0 spiro atoms. The van der Waals surface area contributed by atoms with Crippen LogP contribution >= 0.6 is 15.9 Å². The zero-order valence-corrected chi connectivity index (χ0v) is 11.5. The zero-order valence-electron chi connectivity index (χ0n) is 9.94. The Morgan fingerprint density at radius 2 is 2.18 bits per heavy atom. The highest BCUT2D eigenvalue weighted by Gasteiger charge is 2.13. The maximum atomic E-state index is 9.67. The number of fused-ring (bicyclic) bond motifs is 1. The van der Waals surface area contributed by atoms with Crippen molar-refractivity contribution >= 4 is 32.5 Å². The van der Waals surface area contributed by atoms with E-state index in [4.69, 9.17) is 5.73 Å². The summed E-state index contributed by atoms with van der Waals surface area (Å²) in [6.45, 7) is 4.28. The van der Waals surface area contributed by atoms with Crippen LogP contribution in [0.15, 0.2) is 22.8 Å². The average Bonchev–Trinajstić information content (AvgIpc) is 2.57. The lowest BCUT2D eigenvalue weighted by Crippen LogP contribution is -2.21. The number of rotatable bonds is 3. The third-order valence-electron chi connectivity index (χ3n) is 2.62. The van der Waals surface area contributed by atoms with Crippen molar-refractivity contribution in [3.63, 3.8) is 0 Å². The Morgan fingerprint density at radius 3 is 2.82 bits per heavy atom. The molecule has 4 nitrogen and oxygen atoms in total. The van der Waals surface area contributed by atoms with Crippen molar-refractivity contribution in [1.82, 2.24) is 9.78 Å². The number of hydrogen-bond acceptors (Lipinski definition) is 3. The van der Waals surface area contributed by atoms with E-state index in [0.717, 1.165) is 15.4 Å². The summed E-state index contributed by atoms with van der Waals surface area (Å²) in [7, 11) is 0. The topological polar surface area (TPSA) is 64.1 Å². The molecule has 0 bridgehead atoms. The summed E-state index contributed by atoms with van der Waals surface area (Å²) in [5.41, 5.74) is 6.76. The molecule has 0 amide bonds. The molecule has 0 fully saturated rings. The SMILES string of the molecule is CC(C)(O)CCn1cc2cc(N)c(Br)cc2n1. The maximum Gasteiger partial charge on any atom is 0.0936 e. The number of benzene rings is 1. The van der Waals surface area contributed by atoms with Crippen LogP contribution < -0.4 is 5.73 Å². The smallest absolute Gasteiger partial charge is 0.0936 e. The number of nitrogens with two attached hydrogens (primary N) is 1. The second-order valence-electron chi connectivity index (χ2n) is 4.89. The fourth-order valence-corrected chi connectivity index (χ4v) is 1.95. The van der Waals surface area contributed by atoms with Crippen molar-refractivity contribution in [2.75, 3.05) is 5.73 Å². The molecule has 0 saturated heterocycles. The Balaban J connectivity index is 2.26. The van der Waals surface area contributed by atoms with Gasteiger partial charge in [0.05, 0.1) is 11.1 Å². The lowest BCUT2D eigenvalue weighted by atomic mass is 10.1. The summed E-state index contributed by atoms with van der Waals surface area (Å²) in [5.74, 6) is 0. The van der Waals surface area contributed by atoms with Crippen LogP contribution in [0.1, 0.15) is 20.3 Å². The number of aromatic nitrogens is 2. The molecule has 1 heterocycles. The Hall–Kier alpha value is -1.07. The molecule has 1 aromatic heterocycles. The van der Waals surface area contributed by atoms with E-state index in [9.17, 15) is 5.11 Å². The minimum Gasteiger partial charge on any atom is -0.398 e. The molecule has 2 rings (SSSR count). The van der Waals surface area contributed by atoms with Crippen LogP contribution in [0.25, 0.3) is 10.9 Å². The molecule has 0 aliphatic heterocycles. The molecular formula is C12H16BrN3O. The third kappa shape index (κ3) is 2.98. The van der Waals surface area contributed by atoms with E-state index < -0.39 is 5.60 Å². The van der Waals surface area contributed by atoms with Crippen LogP contribution in [0.2, 0.25) is 0 Å². The number of hydrogen-bond donors (Lipinski definition) is 2. The molecule has 1 aromatic carbocycles. The third-order valence-corrected chi connectivity index (χ3v) is 3.31. The van der Waals surface area contributed by atoms with Gasteiger partial charge in [-0.3, -0.25) is 4.68 Å². The van der Waals surface area contributed by atoms with Gasteiger partial charge in [-0.1, -0.05) is 0 Å². The van der Waals surface area contributed by atoms with Gasteiger partial charge >= 0.3 is 0 Å². The summed E-state index contributed by atoms with van der Waals surface area (Å²) in [6, 6.07) is 3.80. The van der Waals surface area contributed by atoms with Gasteiger partial charge in [0.2, 0.25) is 0 Å². The van der Waals surface area contributed by atoms with Crippen LogP contribution in [0.5, 0.6) is 0 Å². The van der Waals surface area contributed by atoms with Gasteiger partial charge in [0.25, 0.3) is 0 Å². The summed E-state index contributed by atoms with van der Waals surface area (Å²) in [4.78, 5) is 0. The predicted molar refractivity (Wildman–Crippen MR) is 72.8 cm³/mol. The van der Waals surface area contributed by atoms with E-state index in [2.05, 4.69) is 21.0 Å². The van der Waals surface area contributed by atoms with Gasteiger partial charge < -0.3 is 10.8 Å².